The largest absolute Gasteiger partial charge is 0.453 e. The third-order valence-electron chi connectivity index (χ3n) is 9.53. The number of amides is 2. The molecule has 0 saturated carbocycles. The Morgan fingerprint density at radius 3 is 2.21 bits per heavy atom. The number of nitrogens with zero attached hydrogens (tertiary/aromatic N) is 3. The maximum Gasteiger partial charge on any atom is 0.407 e. The van der Waals surface area contributed by atoms with E-state index < -0.39 is 24.3 Å². The standard InChI is InChI=1S/C37H41N7O4/c1-21(2)33(43-37(47)48-3)36(46)44-20-28(45)17-32(44)35-40-19-31(42-35)27-13-12-25-15-24(10-11-26(25)16-27)22-6-8-23(9-7-22)30-18-39-34(41-30)29-5-4-14-38-29/h6-13,15-16,18-19,21,28-29,32-33,38,45H,4-5,14,17,20H2,1-3H3,(H,39,41)(H,40,42)(H,43,47)/t28-,29-,32-,33-/m0/s1. The number of aliphatic hydroxyl groups excluding tert-OH is 1. The van der Waals surface area contributed by atoms with E-state index in [2.05, 4.69) is 91.2 Å². The maximum atomic E-state index is 13.5. The second kappa shape index (κ2) is 13.2. The fourth-order valence-corrected chi connectivity index (χ4v) is 6.86. The Kier molecular flexibility index (Phi) is 8.72. The van der Waals surface area contributed by atoms with E-state index in [0.29, 0.717) is 18.3 Å². The van der Waals surface area contributed by atoms with Crippen LogP contribution in [0.3, 0.4) is 0 Å². The molecule has 0 aliphatic carbocycles. The summed E-state index contributed by atoms with van der Waals surface area (Å²) in [6, 6.07) is 20.4. The Balaban J connectivity index is 1.07. The first kappa shape index (κ1) is 31.6. The average molecular weight is 648 g/mol. The summed E-state index contributed by atoms with van der Waals surface area (Å²) in [5.74, 6) is 1.15. The second-order valence-electron chi connectivity index (χ2n) is 13.1. The third kappa shape index (κ3) is 6.31. The molecule has 0 spiro atoms. The summed E-state index contributed by atoms with van der Waals surface area (Å²) in [4.78, 5) is 43.2. The number of hydrogen-bond acceptors (Lipinski definition) is 7. The van der Waals surface area contributed by atoms with Crippen molar-refractivity contribution < 1.29 is 19.4 Å². The Labute approximate surface area is 279 Å². The lowest BCUT2D eigenvalue weighted by Crippen LogP contribution is -2.51. The Bertz CT molecular complexity index is 1930. The van der Waals surface area contributed by atoms with Crippen LogP contribution in [0, 0.1) is 5.92 Å². The topological polar surface area (TPSA) is 148 Å². The molecule has 11 heteroatoms. The van der Waals surface area contributed by atoms with E-state index in [1.54, 1.807) is 11.1 Å². The van der Waals surface area contributed by atoms with Crippen LogP contribution in [-0.2, 0) is 9.53 Å². The number of aromatic nitrogens is 4. The van der Waals surface area contributed by atoms with Crippen LogP contribution in [0.2, 0.25) is 0 Å². The minimum atomic E-state index is -0.786. The van der Waals surface area contributed by atoms with Crippen LogP contribution in [0.4, 0.5) is 4.79 Å². The fourth-order valence-electron chi connectivity index (χ4n) is 6.86. The monoisotopic (exact) mass is 647 g/mol. The number of β-amino-alcohol motifs (C(OH)–C–C–N with tert-alkyl or cyclic N) is 1. The summed E-state index contributed by atoms with van der Waals surface area (Å²) in [6.45, 7) is 4.92. The van der Waals surface area contributed by atoms with Gasteiger partial charge in [0.2, 0.25) is 5.91 Å². The Hall–Kier alpha value is -5.00. The van der Waals surface area contributed by atoms with Gasteiger partial charge in [-0.15, -0.1) is 0 Å². The van der Waals surface area contributed by atoms with E-state index in [-0.39, 0.29) is 18.4 Å². The predicted molar refractivity (Wildman–Crippen MR) is 184 cm³/mol. The zero-order valence-corrected chi connectivity index (χ0v) is 27.4. The molecule has 48 heavy (non-hydrogen) atoms. The number of benzene rings is 3. The maximum absolute atomic E-state index is 13.5. The van der Waals surface area contributed by atoms with Crippen molar-refractivity contribution >= 4 is 22.8 Å². The molecule has 0 bridgehead atoms. The highest BCUT2D eigenvalue weighted by Gasteiger charge is 2.41. The molecule has 5 N–H and O–H groups in total. The van der Waals surface area contributed by atoms with Crippen LogP contribution in [0.25, 0.3) is 44.4 Å². The number of carbonyl (C=O) groups is 2. The quantitative estimate of drug-likeness (QED) is 0.145. The summed E-state index contributed by atoms with van der Waals surface area (Å²) >= 11 is 0. The van der Waals surface area contributed by atoms with Gasteiger partial charge in [0.25, 0.3) is 0 Å². The van der Waals surface area contributed by atoms with Gasteiger partial charge < -0.3 is 35.3 Å². The molecule has 7 rings (SSSR count). The first-order valence-corrected chi connectivity index (χ1v) is 16.6. The van der Waals surface area contributed by atoms with E-state index in [1.807, 2.05) is 20.0 Å². The van der Waals surface area contributed by atoms with E-state index >= 15 is 0 Å². The van der Waals surface area contributed by atoms with E-state index in [0.717, 1.165) is 63.2 Å². The van der Waals surface area contributed by atoms with Crippen LogP contribution in [0.15, 0.2) is 73.1 Å². The second-order valence-corrected chi connectivity index (χ2v) is 13.1. The molecule has 4 heterocycles. The molecular formula is C37H41N7O4. The van der Waals surface area contributed by atoms with Gasteiger partial charge in [-0.1, -0.05) is 62.4 Å². The number of hydrogen-bond donors (Lipinski definition) is 5. The smallest absolute Gasteiger partial charge is 0.407 e. The predicted octanol–water partition coefficient (Wildman–Crippen LogP) is 5.73. The van der Waals surface area contributed by atoms with Gasteiger partial charge >= 0.3 is 6.09 Å². The molecule has 11 nitrogen and oxygen atoms in total. The first-order chi connectivity index (χ1) is 23.3. The van der Waals surface area contributed by atoms with Gasteiger partial charge in [0.1, 0.15) is 17.7 Å². The number of rotatable bonds is 8. The molecule has 5 aromatic rings. The molecule has 2 aromatic heterocycles. The minimum Gasteiger partial charge on any atom is -0.453 e. The molecule has 2 saturated heterocycles. The van der Waals surface area contributed by atoms with Gasteiger partial charge in [0.15, 0.2) is 0 Å². The number of carbonyl (C=O) groups excluding carboxylic acids is 2. The van der Waals surface area contributed by atoms with E-state index in [9.17, 15) is 14.7 Å². The number of alkyl carbamates (subject to hydrolysis) is 1. The fraction of sp³-hybridized carbons (Fsp3) is 0.351. The number of nitrogens with one attached hydrogen (secondary N) is 4. The highest BCUT2D eigenvalue weighted by atomic mass is 16.5. The number of methoxy groups -OCH3 is 1. The number of imidazole rings is 2. The van der Waals surface area contributed by atoms with Crippen LogP contribution >= 0.6 is 0 Å². The number of likely N-dealkylation sites (tertiary alicyclic amines) is 1. The van der Waals surface area contributed by atoms with Crippen LogP contribution < -0.4 is 10.6 Å². The highest BCUT2D eigenvalue weighted by Crippen LogP contribution is 2.34. The third-order valence-corrected chi connectivity index (χ3v) is 9.53. The minimum absolute atomic E-state index is 0.162. The van der Waals surface area contributed by atoms with Crippen molar-refractivity contribution in [1.29, 1.82) is 0 Å². The molecule has 3 aromatic carbocycles. The lowest BCUT2D eigenvalue weighted by atomic mass is 9.98. The van der Waals surface area contributed by atoms with Crippen molar-refractivity contribution in [2.75, 3.05) is 20.2 Å². The van der Waals surface area contributed by atoms with E-state index in [1.165, 1.54) is 13.5 Å². The molecule has 0 unspecified atom stereocenters. The number of H-pyrrole nitrogens is 2. The zero-order chi connectivity index (χ0) is 33.4. The number of aromatic amines is 2. The first-order valence-electron chi connectivity index (χ1n) is 16.6. The van der Waals surface area contributed by atoms with Gasteiger partial charge in [-0.05, 0) is 64.9 Å². The van der Waals surface area contributed by atoms with Gasteiger partial charge in [-0.3, -0.25) is 4.79 Å². The Morgan fingerprint density at radius 1 is 0.896 bits per heavy atom. The van der Waals surface area contributed by atoms with Gasteiger partial charge in [0.05, 0.1) is 49.1 Å². The molecule has 4 atom stereocenters. The average Bonchev–Trinajstić information content (AvgIpc) is 3.93. The molecular weight excluding hydrogens is 606 g/mol. The number of ether oxygens (including phenoxy) is 1. The van der Waals surface area contributed by atoms with Crippen LogP contribution in [-0.4, -0.2) is 74.3 Å². The van der Waals surface area contributed by atoms with Crippen molar-refractivity contribution in [3.63, 3.8) is 0 Å². The lowest BCUT2D eigenvalue weighted by molar-refractivity contribution is -0.135. The van der Waals surface area contributed by atoms with Crippen molar-refractivity contribution in [2.45, 2.75) is 57.3 Å². The van der Waals surface area contributed by atoms with Crippen molar-refractivity contribution in [2.24, 2.45) is 5.92 Å². The number of aliphatic hydroxyl groups is 1. The zero-order valence-electron chi connectivity index (χ0n) is 27.4. The van der Waals surface area contributed by atoms with Crippen molar-refractivity contribution in [3.8, 4) is 33.6 Å². The van der Waals surface area contributed by atoms with Gasteiger partial charge in [0, 0.05) is 18.5 Å². The summed E-state index contributed by atoms with van der Waals surface area (Å²) in [7, 11) is 1.26. The normalized spacial score (nSPS) is 20.0. The SMILES string of the molecule is COC(=O)N[C@H](C(=O)N1C[C@@H](O)C[C@H]1c1ncc(-c2ccc3cc(-c4ccc(-c5cnc([C@@H]6CCCN6)[nH]5)cc4)ccc3c2)[nH]1)C(C)C. The van der Waals surface area contributed by atoms with Crippen LogP contribution in [0.1, 0.15) is 56.8 Å². The molecule has 2 aliphatic rings. The lowest BCUT2D eigenvalue weighted by Gasteiger charge is -2.29. The summed E-state index contributed by atoms with van der Waals surface area (Å²) < 4.78 is 4.73. The summed E-state index contributed by atoms with van der Waals surface area (Å²) in [6.07, 6.45) is 4.96. The molecule has 2 aliphatic heterocycles. The molecule has 2 amide bonds. The van der Waals surface area contributed by atoms with Crippen molar-refractivity contribution in [3.05, 3.63) is 84.7 Å². The molecule has 248 valence electrons. The van der Waals surface area contributed by atoms with Gasteiger partial charge in [-0.2, -0.15) is 0 Å². The van der Waals surface area contributed by atoms with Crippen LogP contribution in [0.5, 0.6) is 0 Å². The summed E-state index contributed by atoms with van der Waals surface area (Å²) in [5.41, 5.74) is 6.19. The highest BCUT2D eigenvalue weighted by molar-refractivity contribution is 5.91. The van der Waals surface area contributed by atoms with Crippen molar-refractivity contribution in [1.82, 2.24) is 35.5 Å². The van der Waals surface area contributed by atoms with Gasteiger partial charge in [-0.25, -0.2) is 14.8 Å². The Morgan fingerprint density at radius 2 is 1.52 bits per heavy atom. The summed E-state index contributed by atoms with van der Waals surface area (Å²) in [5, 5.41) is 18.9. The molecule has 2 fully saturated rings. The van der Waals surface area contributed by atoms with E-state index in [4.69, 9.17) is 4.74 Å². The number of fused-ring (bicyclic) bond motifs is 1. The molecule has 0 radical (unpaired) electrons.